The summed E-state index contributed by atoms with van der Waals surface area (Å²) in [6.45, 7) is 3.40. The van der Waals surface area contributed by atoms with Crippen LogP contribution in [0.25, 0.3) is 0 Å². The van der Waals surface area contributed by atoms with Gasteiger partial charge in [0.1, 0.15) is 43.2 Å². The Hall–Kier alpha value is -1.15. The molecule has 1 fully saturated rings. The summed E-state index contributed by atoms with van der Waals surface area (Å²) >= 11 is 0. The normalized spacial score (nSPS) is 20.1. The van der Waals surface area contributed by atoms with Gasteiger partial charge in [-0.1, -0.05) is 296 Å². The Morgan fingerprint density at radius 1 is 0.360 bits per heavy atom. The minimum Gasteiger partial charge on any atom is -0.462 e. The first-order chi connectivity index (χ1) is 36.4. The molecule has 0 heterocycles. The van der Waals surface area contributed by atoms with Gasteiger partial charge in [0.15, 0.2) is 6.10 Å². The van der Waals surface area contributed by atoms with Crippen molar-refractivity contribution in [2.24, 2.45) is 0 Å². The second-order valence-electron chi connectivity index (χ2n) is 22.6. The van der Waals surface area contributed by atoms with Crippen LogP contribution in [-0.2, 0) is 32.7 Å². The Morgan fingerprint density at radius 3 is 0.880 bits per heavy atom. The molecule has 0 spiro atoms. The molecule has 0 amide bonds. The van der Waals surface area contributed by atoms with E-state index in [1.54, 1.807) is 0 Å². The molecule has 1 saturated carbocycles. The van der Waals surface area contributed by atoms with Gasteiger partial charge in [-0.2, -0.15) is 0 Å². The largest absolute Gasteiger partial charge is 0.472 e. The molecule has 0 aliphatic heterocycles. The second kappa shape index (κ2) is 51.0. The molecule has 0 aromatic carbocycles. The molecule has 0 aromatic rings. The monoisotopic (exact) mass is 1090 g/mol. The van der Waals surface area contributed by atoms with Gasteiger partial charge in [0.2, 0.25) is 0 Å². The van der Waals surface area contributed by atoms with Crippen LogP contribution in [0.1, 0.15) is 322 Å². The third-order valence-electron chi connectivity index (χ3n) is 15.4. The molecule has 1 aliphatic carbocycles. The van der Waals surface area contributed by atoms with Crippen molar-refractivity contribution in [1.82, 2.24) is 0 Å². The highest BCUT2D eigenvalue weighted by atomic mass is 31.2. The van der Waals surface area contributed by atoms with Crippen LogP contribution in [0.3, 0.4) is 0 Å². The zero-order chi connectivity index (χ0) is 54.9. The summed E-state index contributed by atoms with van der Waals surface area (Å²) in [6.07, 6.45) is 45.9. The molecule has 0 saturated heterocycles. The Balaban J connectivity index is 2.26. The van der Waals surface area contributed by atoms with E-state index < -0.39 is 75.7 Å². The number of hydrogen-bond donors (Lipinski definition) is 6. The van der Waals surface area contributed by atoms with Crippen LogP contribution >= 0.6 is 7.82 Å². The van der Waals surface area contributed by atoms with Gasteiger partial charge in [0.25, 0.3) is 0 Å². The van der Waals surface area contributed by atoms with Gasteiger partial charge >= 0.3 is 19.8 Å². The van der Waals surface area contributed by atoms with Crippen LogP contribution in [0.2, 0.25) is 0 Å². The van der Waals surface area contributed by atoms with E-state index in [9.17, 15) is 44.6 Å². The van der Waals surface area contributed by atoms with Crippen molar-refractivity contribution in [2.75, 3.05) is 13.2 Å². The number of rotatable bonds is 56. The molecule has 1 rings (SSSR count). The molecule has 75 heavy (non-hydrogen) atoms. The van der Waals surface area contributed by atoms with Crippen molar-refractivity contribution in [3.05, 3.63) is 0 Å². The van der Waals surface area contributed by atoms with Crippen LogP contribution in [0.15, 0.2) is 0 Å². The fourth-order valence-electron chi connectivity index (χ4n) is 10.4. The summed E-state index contributed by atoms with van der Waals surface area (Å²) in [5.74, 6) is -1.07. The average molecular weight is 1090 g/mol. The fourth-order valence-corrected chi connectivity index (χ4v) is 11.4. The van der Waals surface area contributed by atoms with Crippen molar-refractivity contribution in [3.8, 4) is 0 Å². The summed E-state index contributed by atoms with van der Waals surface area (Å²) < 4.78 is 33.9. The highest BCUT2D eigenvalue weighted by Gasteiger charge is 2.51. The number of carbonyl (C=O) groups excluding carboxylic acids is 2. The zero-order valence-electron chi connectivity index (χ0n) is 48.4. The number of phosphoric ester groups is 1. The molecule has 0 radical (unpaired) electrons. The van der Waals surface area contributed by atoms with Gasteiger partial charge in [-0.3, -0.25) is 18.6 Å². The number of hydrogen-bond acceptors (Lipinski definition) is 12. The lowest BCUT2D eigenvalue weighted by molar-refractivity contribution is -0.220. The van der Waals surface area contributed by atoms with Gasteiger partial charge in [-0.25, -0.2) is 4.57 Å². The van der Waals surface area contributed by atoms with E-state index in [1.165, 1.54) is 244 Å². The molecule has 0 bridgehead atoms. The van der Waals surface area contributed by atoms with E-state index in [1.807, 2.05) is 0 Å². The summed E-state index contributed by atoms with van der Waals surface area (Å²) in [5, 5.41) is 50.5. The van der Waals surface area contributed by atoms with Gasteiger partial charge in [-0.15, -0.1) is 0 Å². The maximum absolute atomic E-state index is 12.9. The first-order valence-corrected chi connectivity index (χ1v) is 33.3. The Morgan fingerprint density at radius 2 is 0.600 bits per heavy atom. The number of aliphatic hydroxyl groups excluding tert-OH is 5. The minimum atomic E-state index is -5.12. The van der Waals surface area contributed by atoms with E-state index in [2.05, 4.69) is 13.8 Å². The van der Waals surface area contributed by atoms with Crippen molar-refractivity contribution >= 4 is 19.8 Å². The fraction of sp³-hybridized carbons (Fsp3) is 0.967. The lowest BCUT2D eigenvalue weighted by Crippen LogP contribution is -2.64. The second-order valence-corrected chi connectivity index (χ2v) is 24.0. The van der Waals surface area contributed by atoms with Crippen molar-refractivity contribution < 1.29 is 63.1 Å². The Labute approximate surface area is 459 Å². The van der Waals surface area contributed by atoms with Crippen LogP contribution < -0.4 is 0 Å². The molecule has 446 valence electrons. The van der Waals surface area contributed by atoms with E-state index >= 15 is 0 Å². The molecule has 1 aliphatic rings. The summed E-state index contributed by atoms with van der Waals surface area (Å²) in [7, 11) is -5.12. The Kier molecular flexibility index (Phi) is 48.9. The van der Waals surface area contributed by atoms with E-state index in [-0.39, 0.29) is 12.8 Å². The highest BCUT2D eigenvalue weighted by Crippen LogP contribution is 2.47. The van der Waals surface area contributed by atoms with Crippen LogP contribution in [0.4, 0.5) is 0 Å². The van der Waals surface area contributed by atoms with Gasteiger partial charge in [-0.05, 0) is 12.8 Å². The molecule has 6 N–H and O–H groups in total. The van der Waals surface area contributed by atoms with Gasteiger partial charge < -0.3 is 39.9 Å². The molecular formula is C61H119O13P. The SMILES string of the molecule is CCCCCCCCCCCCCCCCCCCCCCCCCC(=O)OC[C@H](COP(=O)(O)OC1C(O)C(O)C(O)[C@@H](O)C1O)OC(=O)CCCCCCCCCCCCCCCCCCCCCCCCC. The molecular weight excluding hydrogens is 972 g/mol. The van der Waals surface area contributed by atoms with Gasteiger partial charge in [0.05, 0.1) is 6.61 Å². The first-order valence-electron chi connectivity index (χ1n) is 31.8. The summed E-state index contributed by atoms with van der Waals surface area (Å²) in [6, 6.07) is 0. The van der Waals surface area contributed by atoms with E-state index in [0.717, 1.165) is 38.5 Å². The van der Waals surface area contributed by atoms with Crippen LogP contribution in [0, 0.1) is 0 Å². The number of carbonyl (C=O) groups is 2. The van der Waals surface area contributed by atoms with Crippen molar-refractivity contribution in [3.63, 3.8) is 0 Å². The number of esters is 2. The zero-order valence-corrected chi connectivity index (χ0v) is 49.3. The lowest BCUT2D eigenvalue weighted by Gasteiger charge is -2.41. The van der Waals surface area contributed by atoms with Crippen LogP contribution in [0.5, 0.6) is 0 Å². The number of phosphoric acid groups is 1. The van der Waals surface area contributed by atoms with Crippen molar-refractivity contribution in [2.45, 2.75) is 365 Å². The minimum absolute atomic E-state index is 0.106. The first kappa shape index (κ1) is 71.9. The number of aliphatic hydroxyl groups is 5. The predicted octanol–water partition coefficient (Wildman–Crippen LogP) is 15.5. The molecule has 8 atom stereocenters. The summed E-state index contributed by atoms with van der Waals surface area (Å²) in [5.41, 5.74) is 0. The van der Waals surface area contributed by atoms with Crippen LogP contribution in [-0.4, -0.2) is 98.3 Å². The maximum atomic E-state index is 12.9. The van der Waals surface area contributed by atoms with Gasteiger partial charge in [0, 0.05) is 12.8 Å². The molecule has 6 unspecified atom stereocenters. The smallest absolute Gasteiger partial charge is 0.462 e. The predicted molar refractivity (Wildman–Crippen MR) is 304 cm³/mol. The molecule has 13 nitrogen and oxygen atoms in total. The van der Waals surface area contributed by atoms with E-state index in [4.69, 9.17) is 18.5 Å². The standard InChI is InChI=1S/C61H119O13P/c1-3-5-7-9-11-13-15-17-19-21-23-25-27-29-31-33-35-37-39-41-43-45-47-49-54(62)71-51-53(52-72-75(69,70)74-61-59(67)57(65)56(64)58(66)60(61)68)73-55(63)50-48-46-44-42-40-38-36-34-32-30-28-26-24-22-20-18-16-14-12-10-8-6-4-2/h53,56-61,64-68H,3-52H2,1-2H3,(H,69,70)/t53-,56?,57-,58?,59?,60?,61?/m1/s1. The average Bonchev–Trinajstić information content (AvgIpc) is 3.39. The number of unbranched alkanes of at least 4 members (excludes halogenated alkanes) is 44. The summed E-state index contributed by atoms with van der Waals surface area (Å²) in [4.78, 5) is 36.1. The lowest BCUT2D eigenvalue weighted by atomic mass is 9.85. The molecule has 14 heteroatoms. The topological polar surface area (TPSA) is 210 Å². The Bertz CT molecular complexity index is 1310. The van der Waals surface area contributed by atoms with Crippen molar-refractivity contribution in [1.29, 1.82) is 0 Å². The quantitative estimate of drug-likeness (QED) is 0.0190. The van der Waals surface area contributed by atoms with E-state index in [0.29, 0.717) is 12.8 Å². The third-order valence-corrected chi connectivity index (χ3v) is 16.4. The third kappa shape index (κ3) is 42.4. The highest BCUT2D eigenvalue weighted by molar-refractivity contribution is 7.47. The maximum Gasteiger partial charge on any atom is 0.472 e. The molecule has 0 aromatic heterocycles. The number of ether oxygens (including phenoxy) is 2.